The molecule has 2 aromatic heterocycles. The maximum absolute atomic E-state index is 14.0. The molecule has 0 bridgehead atoms. The lowest BCUT2D eigenvalue weighted by molar-refractivity contribution is -0.210. The molecule has 5 atom stereocenters. The molecular weight excluding hydrogens is 602 g/mol. The Labute approximate surface area is 237 Å². The van der Waals surface area contributed by atoms with E-state index in [4.69, 9.17) is 27.9 Å². The van der Waals surface area contributed by atoms with Crippen LogP contribution >= 0.6 is 23.2 Å². The number of benzene rings is 2. The van der Waals surface area contributed by atoms with Crippen molar-refractivity contribution in [1.82, 2.24) is 29.8 Å². The summed E-state index contributed by atoms with van der Waals surface area (Å²) in [6.07, 6.45) is -9.94. The molecule has 3 heterocycles. The molecular formula is C24H19Cl2F5N6O4. The topological polar surface area (TPSA) is 131 Å². The first-order chi connectivity index (χ1) is 19.3. The smallest absolute Gasteiger partial charge is 0.394 e. The normalized spacial score (nSPS) is 23.2. The molecule has 0 saturated carbocycles. The van der Waals surface area contributed by atoms with Crippen molar-refractivity contribution in [2.75, 3.05) is 6.61 Å². The summed E-state index contributed by atoms with van der Waals surface area (Å²) in [4.78, 5) is 4.17. The van der Waals surface area contributed by atoms with Crippen molar-refractivity contribution in [3.8, 4) is 16.9 Å². The molecule has 10 nitrogen and oxygen atoms in total. The van der Waals surface area contributed by atoms with Crippen molar-refractivity contribution in [2.45, 2.75) is 43.6 Å². The second-order valence-corrected chi connectivity index (χ2v) is 9.99. The lowest BCUT2D eigenvalue weighted by atomic mass is 9.92. The summed E-state index contributed by atoms with van der Waals surface area (Å²) in [5.74, 6) is -2.39. The van der Waals surface area contributed by atoms with Gasteiger partial charge < -0.3 is 20.1 Å². The predicted molar refractivity (Wildman–Crippen MR) is 132 cm³/mol. The third-order valence-corrected chi connectivity index (χ3v) is 7.07. The van der Waals surface area contributed by atoms with Crippen molar-refractivity contribution in [2.24, 2.45) is 0 Å². The van der Waals surface area contributed by atoms with Gasteiger partial charge in [0.15, 0.2) is 5.82 Å². The molecule has 5 rings (SSSR count). The van der Waals surface area contributed by atoms with Crippen LogP contribution in [0.5, 0.6) is 0 Å². The van der Waals surface area contributed by atoms with E-state index in [-0.39, 0.29) is 27.9 Å². The zero-order valence-corrected chi connectivity index (χ0v) is 22.1. The van der Waals surface area contributed by atoms with Gasteiger partial charge in [0, 0.05) is 10.6 Å². The number of aromatic nitrogens is 6. The molecule has 0 aliphatic carbocycles. The lowest BCUT2D eigenvalue weighted by Crippen LogP contribution is -2.53. The van der Waals surface area contributed by atoms with Crippen LogP contribution in [0.3, 0.4) is 0 Å². The molecule has 41 heavy (non-hydrogen) atoms. The average Bonchev–Trinajstić information content (AvgIpc) is 3.53. The van der Waals surface area contributed by atoms with Gasteiger partial charge >= 0.3 is 6.18 Å². The van der Waals surface area contributed by atoms with Crippen LogP contribution in [0.1, 0.15) is 29.4 Å². The van der Waals surface area contributed by atoms with Crippen molar-refractivity contribution >= 4 is 23.2 Å². The Kier molecular flexibility index (Phi) is 7.78. The lowest BCUT2D eigenvalue weighted by Gasteiger charge is -2.41. The molecule has 0 radical (unpaired) electrons. The number of aliphatic hydroxyl groups excluding tert-OH is 3. The molecule has 17 heteroatoms. The van der Waals surface area contributed by atoms with Crippen LogP contribution < -0.4 is 0 Å². The van der Waals surface area contributed by atoms with Gasteiger partial charge in [0.1, 0.15) is 58.6 Å². The Balaban J connectivity index is 1.58. The second kappa shape index (κ2) is 10.9. The first-order valence-electron chi connectivity index (χ1n) is 11.8. The molecule has 1 aliphatic rings. The van der Waals surface area contributed by atoms with E-state index in [9.17, 15) is 37.3 Å². The molecule has 0 unspecified atom stereocenters. The minimum absolute atomic E-state index is 0.0157. The number of halogens is 7. The van der Waals surface area contributed by atoms with Crippen molar-refractivity contribution in [1.29, 1.82) is 0 Å². The zero-order valence-electron chi connectivity index (χ0n) is 20.6. The SMILES string of the molecule is Cc1nc([C@@H]2O[C@H](CO)[C@H](O)[C@H](n3cc(-c4cc(F)c(Cl)c(F)c4)nn3)[C@H]2O)n(-c2cc(Cl)ccc2C(F)(F)F)n1. The van der Waals surface area contributed by atoms with E-state index < -0.39 is 71.1 Å². The zero-order chi connectivity index (χ0) is 29.8. The fourth-order valence-electron chi connectivity index (χ4n) is 4.60. The first-order valence-corrected chi connectivity index (χ1v) is 12.6. The first kappa shape index (κ1) is 29.3. The van der Waals surface area contributed by atoms with Crippen molar-refractivity contribution in [3.05, 3.63) is 75.4 Å². The quantitative estimate of drug-likeness (QED) is 0.227. The standard InChI is InChI=1S/C24H19Cl2F5N6O4/c1-9-32-23(37(34-9)16-6-11(25)2-3-12(16)24(29,30)31)22-21(40)19(20(39)17(8-38)41-22)36-7-15(33-35-36)10-4-13(27)18(26)14(28)5-10/h2-7,17,19-22,38-40H,8H2,1H3/t17-,19+,20+,21-,22-/m1/s1. The molecule has 1 fully saturated rings. The third kappa shape index (κ3) is 5.40. The van der Waals surface area contributed by atoms with Gasteiger partial charge in [-0.05, 0) is 37.3 Å². The monoisotopic (exact) mass is 620 g/mol. The highest BCUT2D eigenvalue weighted by atomic mass is 35.5. The van der Waals surface area contributed by atoms with Crippen molar-refractivity contribution in [3.63, 3.8) is 0 Å². The largest absolute Gasteiger partial charge is 0.418 e. The number of hydrogen-bond donors (Lipinski definition) is 3. The number of hydrogen-bond acceptors (Lipinski definition) is 8. The summed E-state index contributed by atoms with van der Waals surface area (Å²) in [5.41, 5.74) is -1.72. The van der Waals surface area contributed by atoms with Crippen LogP contribution in [0.15, 0.2) is 36.5 Å². The van der Waals surface area contributed by atoms with Gasteiger partial charge in [0.25, 0.3) is 0 Å². The van der Waals surface area contributed by atoms with Gasteiger partial charge in [0.05, 0.1) is 24.1 Å². The van der Waals surface area contributed by atoms with Gasteiger partial charge in [-0.3, -0.25) is 0 Å². The Bertz CT molecular complexity index is 1580. The van der Waals surface area contributed by atoms with Crippen LogP contribution in [0, 0.1) is 18.6 Å². The van der Waals surface area contributed by atoms with Gasteiger partial charge in [0.2, 0.25) is 0 Å². The Morgan fingerprint density at radius 1 is 1.05 bits per heavy atom. The number of nitrogens with zero attached hydrogens (tertiary/aromatic N) is 6. The van der Waals surface area contributed by atoms with Gasteiger partial charge in [-0.1, -0.05) is 28.4 Å². The van der Waals surface area contributed by atoms with E-state index in [1.54, 1.807) is 0 Å². The number of ether oxygens (including phenoxy) is 1. The highest BCUT2D eigenvalue weighted by Crippen LogP contribution is 2.41. The van der Waals surface area contributed by atoms with Crippen molar-refractivity contribution < 1.29 is 42.0 Å². The second-order valence-electron chi connectivity index (χ2n) is 9.18. The summed E-state index contributed by atoms with van der Waals surface area (Å²) in [5, 5.41) is 43.2. The summed E-state index contributed by atoms with van der Waals surface area (Å²) in [7, 11) is 0. The van der Waals surface area contributed by atoms with E-state index >= 15 is 0 Å². The number of rotatable bonds is 5. The molecule has 1 saturated heterocycles. The average molecular weight is 621 g/mol. The maximum Gasteiger partial charge on any atom is 0.418 e. The van der Waals surface area contributed by atoms with E-state index in [0.29, 0.717) is 0 Å². The Morgan fingerprint density at radius 3 is 2.37 bits per heavy atom. The summed E-state index contributed by atoms with van der Waals surface area (Å²) in [6, 6.07) is 3.23. The molecule has 2 aromatic carbocycles. The molecule has 4 aromatic rings. The summed E-state index contributed by atoms with van der Waals surface area (Å²) in [6.45, 7) is 0.630. The Morgan fingerprint density at radius 2 is 1.73 bits per heavy atom. The minimum Gasteiger partial charge on any atom is -0.394 e. The van der Waals surface area contributed by atoms with E-state index in [1.165, 1.54) is 13.1 Å². The fourth-order valence-corrected chi connectivity index (χ4v) is 4.87. The highest BCUT2D eigenvalue weighted by Gasteiger charge is 2.49. The van der Waals surface area contributed by atoms with Crippen LogP contribution in [-0.2, 0) is 10.9 Å². The minimum atomic E-state index is -4.81. The van der Waals surface area contributed by atoms with E-state index in [1.807, 2.05) is 0 Å². The third-order valence-electron chi connectivity index (χ3n) is 6.47. The highest BCUT2D eigenvalue weighted by molar-refractivity contribution is 6.31. The molecule has 218 valence electrons. The molecule has 0 spiro atoms. The summed E-state index contributed by atoms with van der Waals surface area (Å²) < 4.78 is 77.1. The van der Waals surface area contributed by atoms with Crippen LogP contribution in [0.25, 0.3) is 16.9 Å². The number of aliphatic hydroxyl groups is 3. The van der Waals surface area contributed by atoms with Gasteiger partial charge in [-0.25, -0.2) is 23.1 Å². The van der Waals surface area contributed by atoms with E-state index in [2.05, 4.69) is 20.4 Å². The van der Waals surface area contributed by atoms with Crippen LogP contribution in [0.2, 0.25) is 10.0 Å². The molecule has 1 aliphatic heterocycles. The van der Waals surface area contributed by atoms with Crippen LogP contribution in [0.4, 0.5) is 22.0 Å². The molecule has 3 N–H and O–H groups in total. The maximum atomic E-state index is 14.0. The van der Waals surface area contributed by atoms with Gasteiger partial charge in [-0.15, -0.1) is 5.10 Å². The number of aryl methyl sites for hydroxylation is 1. The van der Waals surface area contributed by atoms with Gasteiger partial charge in [-0.2, -0.15) is 18.3 Å². The summed E-state index contributed by atoms with van der Waals surface area (Å²) >= 11 is 11.5. The van der Waals surface area contributed by atoms with Crippen LogP contribution in [-0.4, -0.2) is 70.0 Å². The fraction of sp³-hybridized carbons (Fsp3) is 0.333. The van der Waals surface area contributed by atoms with E-state index in [0.717, 1.165) is 39.7 Å². The number of alkyl halides is 3. The molecule has 0 amide bonds. The predicted octanol–water partition coefficient (Wildman–Crippen LogP) is 3.83. The Hall–Kier alpha value is -3.21.